The molecule has 2 heterocycles. The highest BCUT2D eigenvalue weighted by Crippen LogP contribution is 2.29. The van der Waals surface area contributed by atoms with Gasteiger partial charge in [-0.25, -0.2) is 4.98 Å². The molecule has 4 nitrogen and oxygen atoms in total. The Labute approximate surface area is 155 Å². The number of aryl methyl sites for hydroxylation is 1. The van der Waals surface area contributed by atoms with E-state index in [1.165, 1.54) is 9.75 Å². The van der Waals surface area contributed by atoms with Gasteiger partial charge >= 0.3 is 0 Å². The number of nitrogens with one attached hydrogen (secondary N) is 1. The third-order valence-corrected chi connectivity index (χ3v) is 5.51. The zero-order valence-electron chi connectivity index (χ0n) is 14.0. The van der Waals surface area contributed by atoms with Crippen LogP contribution in [0, 0.1) is 6.92 Å². The van der Waals surface area contributed by atoms with Crippen LogP contribution < -0.4 is 5.32 Å². The highest BCUT2D eigenvalue weighted by Gasteiger charge is 2.07. The zero-order valence-corrected chi connectivity index (χ0v) is 15.7. The molecule has 0 saturated heterocycles. The van der Waals surface area contributed by atoms with Crippen LogP contribution in [0.15, 0.2) is 47.8 Å². The van der Waals surface area contributed by atoms with Gasteiger partial charge in [-0.2, -0.15) is 0 Å². The Morgan fingerprint density at radius 3 is 2.80 bits per heavy atom. The third kappa shape index (κ3) is 5.49. The molecule has 0 saturated carbocycles. The van der Waals surface area contributed by atoms with Crippen LogP contribution >= 0.6 is 22.7 Å². The Hall–Kier alpha value is -2.02. The number of hydrogen-bond acceptors (Lipinski definition) is 5. The summed E-state index contributed by atoms with van der Waals surface area (Å²) in [7, 11) is 0. The van der Waals surface area contributed by atoms with E-state index >= 15 is 0 Å². The first-order valence-electron chi connectivity index (χ1n) is 8.10. The van der Waals surface area contributed by atoms with E-state index in [0.29, 0.717) is 13.2 Å². The van der Waals surface area contributed by atoms with Crippen LogP contribution in [0.4, 0.5) is 0 Å². The number of carbonyl (C=O) groups is 1. The highest BCUT2D eigenvalue weighted by molar-refractivity contribution is 7.16. The molecule has 0 spiro atoms. The number of thiazole rings is 1. The van der Waals surface area contributed by atoms with Crippen molar-refractivity contribution >= 4 is 28.6 Å². The smallest absolute Gasteiger partial charge is 0.246 e. The molecule has 25 heavy (non-hydrogen) atoms. The second-order valence-electron chi connectivity index (χ2n) is 5.60. The molecular weight excluding hydrogens is 352 g/mol. The fourth-order valence-corrected chi connectivity index (χ4v) is 3.99. The molecule has 0 radical (unpaired) electrons. The summed E-state index contributed by atoms with van der Waals surface area (Å²) in [5.41, 5.74) is 2.11. The lowest BCUT2D eigenvalue weighted by Gasteiger charge is -2.06. The first-order chi connectivity index (χ1) is 12.2. The Kier molecular flexibility index (Phi) is 6.33. The lowest BCUT2D eigenvalue weighted by Crippen LogP contribution is -2.29. The summed E-state index contributed by atoms with van der Waals surface area (Å²) in [4.78, 5) is 18.7. The van der Waals surface area contributed by atoms with Gasteiger partial charge in [-0.05, 0) is 31.0 Å². The van der Waals surface area contributed by atoms with Crippen LogP contribution in [0.2, 0.25) is 0 Å². The quantitative estimate of drug-likeness (QED) is 0.649. The predicted octanol–water partition coefficient (Wildman–Crippen LogP) is 4.06. The molecule has 1 N–H and O–H groups in total. The summed E-state index contributed by atoms with van der Waals surface area (Å²) in [5, 5.41) is 6.06. The van der Waals surface area contributed by atoms with Crippen molar-refractivity contribution in [3.8, 4) is 10.6 Å². The van der Waals surface area contributed by atoms with Crippen molar-refractivity contribution in [1.29, 1.82) is 0 Å². The van der Waals surface area contributed by atoms with Crippen LogP contribution in [0.1, 0.15) is 15.4 Å². The maximum atomic E-state index is 11.8. The fourth-order valence-electron chi connectivity index (χ4n) is 2.34. The van der Waals surface area contributed by atoms with Crippen molar-refractivity contribution in [1.82, 2.24) is 10.3 Å². The molecule has 0 unspecified atom stereocenters. The molecule has 2 aromatic heterocycles. The van der Waals surface area contributed by atoms with Crippen molar-refractivity contribution in [2.45, 2.75) is 20.0 Å². The third-order valence-electron chi connectivity index (χ3n) is 3.57. The van der Waals surface area contributed by atoms with Crippen LogP contribution in [0.25, 0.3) is 10.6 Å². The number of hydrogen-bond donors (Lipinski definition) is 1. The minimum absolute atomic E-state index is 0.0807. The van der Waals surface area contributed by atoms with Gasteiger partial charge < -0.3 is 10.1 Å². The van der Waals surface area contributed by atoms with Gasteiger partial charge in [0.15, 0.2) is 0 Å². The average molecular weight is 373 g/mol. The van der Waals surface area contributed by atoms with Gasteiger partial charge in [-0.3, -0.25) is 4.79 Å². The van der Waals surface area contributed by atoms with Crippen molar-refractivity contribution in [2.24, 2.45) is 0 Å². The Morgan fingerprint density at radius 1 is 1.20 bits per heavy atom. The molecule has 0 fully saturated rings. The second kappa shape index (κ2) is 8.89. The van der Waals surface area contributed by atoms with Gasteiger partial charge in [0.25, 0.3) is 0 Å². The summed E-state index contributed by atoms with van der Waals surface area (Å²) in [5.74, 6) is -0.0807. The Balaban J connectivity index is 1.36. The Morgan fingerprint density at radius 2 is 2.04 bits per heavy atom. The number of benzene rings is 1. The number of nitrogens with zero attached hydrogens (tertiary/aromatic N) is 1. The van der Waals surface area contributed by atoms with Gasteiger partial charge in [0.1, 0.15) is 6.61 Å². The topological polar surface area (TPSA) is 51.2 Å². The standard InChI is InChI=1S/C19H20N2O2S2/c1-14-21-17(13-24-14)18-8-7-16(25-18)9-10-20-19(22)12-23-11-15-5-3-2-4-6-15/h2-8,13H,9-12H2,1H3,(H,20,22). The molecule has 0 atom stereocenters. The van der Waals surface area contributed by atoms with Gasteiger partial charge in [0, 0.05) is 16.8 Å². The summed E-state index contributed by atoms with van der Waals surface area (Å²) in [6, 6.07) is 14.0. The molecule has 1 aromatic carbocycles. The number of rotatable bonds is 8. The molecule has 3 rings (SSSR count). The minimum atomic E-state index is -0.0807. The predicted molar refractivity (Wildman–Crippen MR) is 103 cm³/mol. The van der Waals surface area contributed by atoms with Gasteiger partial charge in [0.2, 0.25) is 5.91 Å². The maximum Gasteiger partial charge on any atom is 0.246 e. The van der Waals surface area contributed by atoms with Gasteiger partial charge in [-0.15, -0.1) is 22.7 Å². The molecule has 0 aliphatic heterocycles. The van der Waals surface area contributed by atoms with Crippen LogP contribution in [-0.2, 0) is 22.6 Å². The van der Waals surface area contributed by atoms with E-state index in [-0.39, 0.29) is 12.5 Å². The van der Waals surface area contributed by atoms with E-state index in [1.54, 1.807) is 22.7 Å². The van der Waals surface area contributed by atoms with Crippen molar-refractivity contribution < 1.29 is 9.53 Å². The van der Waals surface area contributed by atoms with Gasteiger partial charge in [-0.1, -0.05) is 30.3 Å². The van der Waals surface area contributed by atoms with Crippen LogP contribution in [0.5, 0.6) is 0 Å². The molecular formula is C19H20N2O2S2. The average Bonchev–Trinajstić information content (AvgIpc) is 3.25. The molecule has 130 valence electrons. The monoisotopic (exact) mass is 372 g/mol. The van der Waals surface area contributed by atoms with E-state index in [0.717, 1.165) is 22.7 Å². The molecule has 0 aliphatic rings. The van der Waals surface area contributed by atoms with E-state index < -0.39 is 0 Å². The van der Waals surface area contributed by atoms with Crippen molar-refractivity contribution in [3.05, 3.63) is 63.3 Å². The molecule has 0 aliphatic carbocycles. The molecule has 3 aromatic rings. The lowest BCUT2D eigenvalue weighted by atomic mass is 10.2. The number of ether oxygens (including phenoxy) is 1. The zero-order chi connectivity index (χ0) is 17.5. The largest absolute Gasteiger partial charge is 0.367 e. The van der Waals surface area contributed by atoms with Crippen LogP contribution in [-0.4, -0.2) is 24.0 Å². The first-order valence-corrected chi connectivity index (χ1v) is 9.80. The summed E-state index contributed by atoms with van der Waals surface area (Å²) in [6.45, 7) is 3.17. The number of aromatic nitrogens is 1. The summed E-state index contributed by atoms with van der Waals surface area (Å²) >= 11 is 3.39. The van der Waals surface area contributed by atoms with E-state index in [1.807, 2.05) is 37.3 Å². The lowest BCUT2D eigenvalue weighted by molar-refractivity contribution is -0.126. The normalized spacial score (nSPS) is 10.8. The molecule has 1 amide bonds. The maximum absolute atomic E-state index is 11.8. The summed E-state index contributed by atoms with van der Waals surface area (Å²) in [6.07, 6.45) is 0.818. The number of thiophene rings is 1. The highest BCUT2D eigenvalue weighted by atomic mass is 32.1. The van der Waals surface area contributed by atoms with Crippen molar-refractivity contribution in [2.75, 3.05) is 13.2 Å². The van der Waals surface area contributed by atoms with Crippen molar-refractivity contribution in [3.63, 3.8) is 0 Å². The van der Waals surface area contributed by atoms with Gasteiger partial charge in [0.05, 0.1) is 22.2 Å². The second-order valence-corrected chi connectivity index (χ2v) is 7.83. The molecule has 6 heteroatoms. The SMILES string of the molecule is Cc1nc(-c2ccc(CCNC(=O)COCc3ccccc3)s2)cs1. The first kappa shape index (κ1) is 17.8. The van der Waals surface area contributed by atoms with Crippen LogP contribution in [0.3, 0.4) is 0 Å². The number of carbonyl (C=O) groups excluding carboxylic acids is 1. The molecule has 0 bridgehead atoms. The van der Waals surface area contributed by atoms with E-state index in [9.17, 15) is 4.79 Å². The summed E-state index contributed by atoms with van der Waals surface area (Å²) < 4.78 is 5.43. The minimum Gasteiger partial charge on any atom is -0.367 e. The van der Waals surface area contributed by atoms with E-state index in [2.05, 4.69) is 27.8 Å². The Bertz CT molecular complexity index is 812. The number of amides is 1. The van der Waals surface area contributed by atoms with E-state index in [4.69, 9.17) is 4.74 Å². The fraction of sp³-hybridized carbons (Fsp3) is 0.263.